The molecule has 3 heterocycles. The number of aromatic nitrogens is 2. The van der Waals surface area contributed by atoms with Crippen molar-refractivity contribution in [1.29, 1.82) is 0 Å². The summed E-state index contributed by atoms with van der Waals surface area (Å²) >= 11 is 0. The number of nitrogens with one attached hydrogen (secondary N) is 1. The maximum Gasteiger partial charge on any atom is 0.0771 e. The van der Waals surface area contributed by atoms with Crippen molar-refractivity contribution in [2.24, 2.45) is 0 Å². The molecule has 2 unspecified atom stereocenters. The Hall–Kier alpha value is -1.07. The lowest BCUT2D eigenvalue weighted by Gasteiger charge is -2.10. The molecule has 0 amide bonds. The quantitative estimate of drug-likeness (QED) is 0.856. The van der Waals surface area contributed by atoms with Crippen molar-refractivity contribution >= 4 is 5.69 Å². The standard InChI is InChI=1S/C12H19N3O2/c1-2-12(17-4-1)8-15-7-11(6-13-15)14-10-3-5-16-9-10/h6-7,10,12,14H,1-5,8-9H2. The van der Waals surface area contributed by atoms with Crippen LogP contribution in [-0.2, 0) is 16.0 Å². The summed E-state index contributed by atoms with van der Waals surface area (Å²) in [5.74, 6) is 0. The number of anilines is 1. The van der Waals surface area contributed by atoms with E-state index in [1.54, 1.807) is 0 Å². The van der Waals surface area contributed by atoms with Gasteiger partial charge in [0.05, 0.1) is 37.2 Å². The predicted molar refractivity (Wildman–Crippen MR) is 64.0 cm³/mol. The smallest absolute Gasteiger partial charge is 0.0771 e. The fraction of sp³-hybridized carbons (Fsp3) is 0.750. The summed E-state index contributed by atoms with van der Waals surface area (Å²) in [5, 5.41) is 7.79. The second-order valence-corrected chi connectivity index (χ2v) is 4.79. The Bertz CT molecular complexity index is 322. The highest BCUT2D eigenvalue weighted by Gasteiger charge is 2.18. The molecule has 2 saturated heterocycles. The first kappa shape index (κ1) is 11.0. The Kier molecular flexibility index (Phi) is 3.29. The van der Waals surface area contributed by atoms with Crippen molar-refractivity contribution in [1.82, 2.24) is 9.78 Å². The molecule has 0 saturated carbocycles. The first-order chi connectivity index (χ1) is 8.40. The first-order valence-corrected chi connectivity index (χ1v) is 6.38. The second kappa shape index (κ2) is 5.06. The molecule has 0 bridgehead atoms. The predicted octanol–water partition coefficient (Wildman–Crippen LogP) is 1.26. The summed E-state index contributed by atoms with van der Waals surface area (Å²) in [5.41, 5.74) is 1.08. The minimum atomic E-state index is 0.345. The molecule has 1 aromatic rings. The van der Waals surface area contributed by atoms with Crippen LogP contribution < -0.4 is 5.32 Å². The van der Waals surface area contributed by atoms with Crippen molar-refractivity contribution in [3.05, 3.63) is 12.4 Å². The van der Waals surface area contributed by atoms with Crippen LogP contribution in [0.5, 0.6) is 0 Å². The van der Waals surface area contributed by atoms with Crippen LogP contribution in [0.3, 0.4) is 0 Å². The molecule has 5 heteroatoms. The third-order valence-electron chi connectivity index (χ3n) is 3.35. The van der Waals surface area contributed by atoms with Crippen molar-refractivity contribution in [2.45, 2.75) is 38.0 Å². The molecule has 0 aromatic carbocycles. The maximum atomic E-state index is 5.60. The largest absolute Gasteiger partial charge is 0.379 e. The molecule has 1 aromatic heterocycles. The minimum absolute atomic E-state index is 0.345. The molecule has 94 valence electrons. The summed E-state index contributed by atoms with van der Waals surface area (Å²) in [7, 11) is 0. The summed E-state index contributed by atoms with van der Waals surface area (Å²) in [4.78, 5) is 0. The van der Waals surface area contributed by atoms with E-state index in [9.17, 15) is 0 Å². The number of hydrogen-bond acceptors (Lipinski definition) is 4. The zero-order chi connectivity index (χ0) is 11.5. The van der Waals surface area contributed by atoms with Gasteiger partial charge < -0.3 is 14.8 Å². The van der Waals surface area contributed by atoms with Crippen LogP contribution in [-0.4, -0.2) is 41.7 Å². The average Bonchev–Trinajstić information content (AvgIpc) is 3.02. The molecule has 0 aliphatic carbocycles. The molecule has 2 atom stereocenters. The molecule has 17 heavy (non-hydrogen) atoms. The summed E-state index contributed by atoms with van der Waals surface area (Å²) in [6, 6.07) is 0.440. The molecular formula is C12H19N3O2. The van der Waals surface area contributed by atoms with Crippen LogP contribution in [0, 0.1) is 0 Å². The Morgan fingerprint density at radius 2 is 2.41 bits per heavy atom. The van der Waals surface area contributed by atoms with E-state index in [-0.39, 0.29) is 0 Å². The lowest BCUT2D eigenvalue weighted by Crippen LogP contribution is -2.18. The van der Waals surface area contributed by atoms with E-state index in [0.717, 1.165) is 44.9 Å². The van der Waals surface area contributed by atoms with Gasteiger partial charge in [-0.05, 0) is 19.3 Å². The Labute approximate surface area is 101 Å². The van der Waals surface area contributed by atoms with Crippen molar-refractivity contribution in [3.8, 4) is 0 Å². The van der Waals surface area contributed by atoms with Gasteiger partial charge in [0.25, 0.3) is 0 Å². The lowest BCUT2D eigenvalue weighted by atomic mass is 10.2. The monoisotopic (exact) mass is 237 g/mol. The zero-order valence-electron chi connectivity index (χ0n) is 9.97. The van der Waals surface area contributed by atoms with Crippen LogP contribution in [0.15, 0.2) is 12.4 Å². The van der Waals surface area contributed by atoms with Gasteiger partial charge in [0, 0.05) is 19.4 Å². The van der Waals surface area contributed by atoms with E-state index in [1.807, 2.05) is 10.9 Å². The average molecular weight is 237 g/mol. The second-order valence-electron chi connectivity index (χ2n) is 4.79. The number of nitrogens with zero attached hydrogens (tertiary/aromatic N) is 2. The number of rotatable bonds is 4. The van der Waals surface area contributed by atoms with Gasteiger partial charge in [-0.2, -0.15) is 5.10 Å². The molecule has 1 N–H and O–H groups in total. The van der Waals surface area contributed by atoms with Gasteiger partial charge in [-0.15, -0.1) is 0 Å². The number of hydrogen-bond donors (Lipinski definition) is 1. The van der Waals surface area contributed by atoms with Gasteiger partial charge in [0.2, 0.25) is 0 Å². The Morgan fingerprint density at radius 1 is 1.41 bits per heavy atom. The van der Waals surface area contributed by atoms with E-state index in [0.29, 0.717) is 12.1 Å². The van der Waals surface area contributed by atoms with Gasteiger partial charge in [-0.1, -0.05) is 0 Å². The van der Waals surface area contributed by atoms with E-state index >= 15 is 0 Å². The minimum Gasteiger partial charge on any atom is -0.379 e. The fourth-order valence-electron chi connectivity index (χ4n) is 2.42. The van der Waals surface area contributed by atoms with Crippen LogP contribution >= 0.6 is 0 Å². The highest BCUT2D eigenvalue weighted by Crippen LogP contribution is 2.16. The van der Waals surface area contributed by atoms with E-state index in [4.69, 9.17) is 9.47 Å². The summed E-state index contributed by atoms with van der Waals surface area (Å²) in [6.07, 6.45) is 7.69. The third-order valence-corrected chi connectivity index (χ3v) is 3.35. The van der Waals surface area contributed by atoms with Crippen molar-refractivity contribution in [3.63, 3.8) is 0 Å². The van der Waals surface area contributed by atoms with Crippen LogP contribution in [0.4, 0.5) is 5.69 Å². The molecule has 3 rings (SSSR count). The van der Waals surface area contributed by atoms with Gasteiger partial charge in [0.15, 0.2) is 0 Å². The summed E-state index contributed by atoms with van der Waals surface area (Å²) in [6.45, 7) is 3.43. The van der Waals surface area contributed by atoms with E-state index < -0.39 is 0 Å². The molecule has 0 spiro atoms. The van der Waals surface area contributed by atoms with Crippen molar-refractivity contribution < 1.29 is 9.47 Å². The Morgan fingerprint density at radius 3 is 3.18 bits per heavy atom. The molecule has 2 aliphatic heterocycles. The highest BCUT2D eigenvalue weighted by molar-refractivity contribution is 5.39. The molecule has 5 nitrogen and oxygen atoms in total. The van der Waals surface area contributed by atoms with Crippen LogP contribution in [0.2, 0.25) is 0 Å². The fourth-order valence-corrected chi connectivity index (χ4v) is 2.42. The molecular weight excluding hydrogens is 218 g/mol. The molecule has 2 aliphatic rings. The molecule has 2 fully saturated rings. The number of ether oxygens (including phenoxy) is 2. The van der Waals surface area contributed by atoms with E-state index in [2.05, 4.69) is 16.6 Å². The topological polar surface area (TPSA) is 48.3 Å². The SMILES string of the molecule is c1nn(CC2CCCO2)cc1NC1CCOC1. The van der Waals surface area contributed by atoms with Gasteiger partial charge >= 0.3 is 0 Å². The normalized spacial score (nSPS) is 28.7. The van der Waals surface area contributed by atoms with Gasteiger partial charge in [-0.3, -0.25) is 4.68 Å². The Balaban J connectivity index is 1.54. The van der Waals surface area contributed by atoms with Gasteiger partial charge in [-0.25, -0.2) is 0 Å². The molecule has 0 radical (unpaired) electrons. The zero-order valence-corrected chi connectivity index (χ0v) is 9.97. The van der Waals surface area contributed by atoms with Crippen LogP contribution in [0.25, 0.3) is 0 Å². The third kappa shape index (κ3) is 2.79. The van der Waals surface area contributed by atoms with Crippen molar-refractivity contribution in [2.75, 3.05) is 25.1 Å². The summed E-state index contributed by atoms with van der Waals surface area (Å²) < 4.78 is 12.9. The first-order valence-electron chi connectivity index (χ1n) is 6.38. The highest BCUT2D eigenvalue weighted by atomic mass is 16.5. The van der Waals surface area contributed by atoms with Crippen LogP contribution in [0.1, 0.15) is 19.3 Å². The maximum absolute atomic E-state index is 5.60. The van der Waals surface area contributed by atoms with E-state index in [1.165, 1.54) is 6.42 Å². The lowest BCUT2D eigenvalue weighted by molar-refractivity contribution is 0.0940. The van der Waals surface area contributed by atoms with Gasteiger partial charge in [0.1, 0.15) is 0 Å².